The van der Waals surface area contributed by atoms with Gasteiger partial charge in [0.1, 0.15) is 11.1 Å². The first-order chi connectivity index (χ1) is 9.50. The quantitative estimate of drug-likeness (QED) is 0.777. The van der Waals surface area contributed by atoms with Gasteiger partial charge >= 0.3 is 0 Å². The first kappa shape index (κ1) is 15.3. The minimum atomic E-state index is -0.767. The van der Waals surface area contributed by atoms with E-state index in [4.69, 9.17) is 4.74 Å². The number of carbonyl (C=O) groups is 2. The topological polar surface area (TPSA) is 58.6 Å². The van der Waals surface area contributed by atoms with Gasteiger partial charge in [-0.15, -0.1) is 0 Å². The van der Waals surface area contributed by atoms with E-state index in [1.807, 2.05) is 20.8 Å². The average Bonchev–Trinajstić information content (AvgIpc) is 2.92. The van der Waals surface area contributed by atoms with E-state index in [-0.39, 0.29) is 11.8 Å². The van der Waals surface area contributed by atoms with Gasteiger partial charge in [-0.05, 0) is 33.1 Å². The molecule has 1 aliphatic carbocycles. The lowest BCUT2D eigenvalue weighted by molar-refractivity contribution is -0.163. The molecule has 1 heterocycles. The number of ether oxygens (including phenoxy) is 1. The summed E-state index contributed by atoms with van der Waals surface area (Å²) < 4.78 is 5.40. The Kier molecular flexibility index (Phi) is 4.37. The summed E-state index contributed by atoms with van der Waals surface area (Å²) in [6, 6.07) is 0. The summed E-state index contributed by atoms with van der Waals surface area (Å²) in [5, 5.41) is 2.97. The molecule has 1 unspecified atom stereocenters. The molecule has 2 fully saturated rings. The third-order valence-corrected chi connectivity index (χ3v) is 4.85. The minimum absolute atomic E-state index is 0.0236. The molecule has 1 saturated carbocycles. The van der Waals surface area contributed by atoms with Crippen molar-refractivity contribution in [3.8, 4) is 0 Å². The molecule has 1 N–H and O–H groups in total. The maximum Gasteiger partial charge on any atom is 0.249 e. The Morgan fingerprint density at radius 2 is 1.90 bits per heavy atom. The van der Waals surface area contributed by atoms with Crippen molar-refractivity contribution in [2.24, 2.45) is 0 Å². The predicted octanol–water partition coefficient (Wildman–Crippen LogP) is 1.46. The summed E-state index contributed by atoms with van der Waals surface area (Å²) >= 11 is 0. The van der Waals surface area contributed by atoms with Gasteiger partial charge in [0, 0.05) is 13.2 Å². The summed E-state index contributed by atoms with van der Waals surface area (Å²) in [7, 11) is 0. The highest BCUT2D eigenvalue weighted by Gasteiger charge is 2.56. The Balaban J connectivity index is 2.26. The van der Waals surface area contributed by atoms with Crippen LogP contribution in [-0.2, 0) is 14.3 Å². The van der Waals surface area contributed by atoms with Crippen molar-refractivity contribution in [2.75, 3.05) is 19.8 Å². The molecule has 0 bridgehead atoms. The first-order valence-corrected chi connectivity index (χ1v) is 7.72. The molecule has 1 aliphatic heterocycles. The fourth-order valence-corrected chi connectivity index (χ4v) is 3.35. The van der Waals surface area contributed by atoms with Crippen molar-refractivity contribution < 1.29 is 14.3 Å². The highest BCUT2D eigenvalue weighted by Crippen LogP contribution is 2.40. The van der Waals surface area contributed by atoms with Gasteiger partial charge in [0.15, 0.2) is 0 Å². The molecule has 5 nitrogen and oxygen atoms in total. The van der Waals surface area contributed by atoms with Crippen LogP contribution in [0.1, 0.15) is 52.9 Å². The third kappa shape index (κ3) is 2.32. The van der Waals surface area contributed by atoms with Crippen LogP contribution in [0.25, 0.3) is 0 Å². The van der Waals surface area contributed by atoms with E-state index in [2.05, 4.69) is 5.32 Å². The van der Waals surface area contributed by atoms with E-state index in [0.717, 1.165) is 25.7 Å². The van der Waals surface area contributed by atoms with Crippen molar-refractivity contribution in [3.05, 3.63) is 0 Å². The Labute approximate surface area is 121 Å². The highest BCUT2D eigenvalue weighted by atomic mass is 16.5. The molecule has 1 saturated heterocycles. The minimum Gasteiger partial charge on any atom is -0.380 e. The summed E-state index contributed by atoms with van der Waals surface area (Å²) in [6.45, 7) is 7.33. The second-order valence-corrected chi connectivity index (χ2v) is 6.03. The smallest absolute Gasteiger partial charge is 0.249 e. The van der Waals surface area contributed by atoms with Crippen molar-refractivity contribution in [3.63, 3.8) is 0 Å². The standard InChI is InChI=1S/C15H26N2O3/c1-4-14(3)13(19)17(10-11-20-5-2)15(12(18)16-14)8-6-7-9-15/h4-11H2,1-3H3,(H,16,18). The zero-order chi connectivity index (χ0) is 14.8. The number of hydrogen-bond acceptors (Lipinski definition) is 3. The van der Waals surface area contributed by atoms with Crippen LogP contribution in [0.3, 0.4) is 0 Å². The van der Waals surface area contributed by atoms with Crippen LogP contribution in [0, 0.1) is 0 Å². The number of nitrogens with zero attached hydrogens (tertiary/aromatic N) is 1. The molecule has 2 rings (SSSR count). The van der Waals surface area contributed by atoms with Gasteiger partial charge in [-0.2, -0.15) is 0 Å². The van der Waals surface area contributed by atoms with Crippen molar-refractivity contribution in [1.82, 2.24) is 10.2 Å². The van der Waals surface area contributed by atoms with E-state index >= 15 is 0 Å². The lowest BCUT2D eigenvalue weighted by Crippen LogP contribution is -2.74. The fraction of sp³-hybridized carbons (Fsp3) is 0.867. The number of nitrogens with one attached hydrogen (secondary N) is 1. The van der Waals surface area contributed by atoms with E-state index in [0.29, 0.717) is 26.2 Å². The summed E-state index contributed by atoms with van der Waals surface area (Å²) in [5.74, 6) is 0.0663. The summed E-state index contributed by atoms with van der Waals surface area (Å²) in [6.07, 6.45) is 4.18. The molecular weight excluding hydrogens is 256 g/mol. The predicted molar refractivity (Wildman–Crippen MR) is 76.2 cm³/mol. The molecule has 1 spiro atoms. The van der Waals surface area contributed by atoms with Crippen LogP contribution in [-0.4, -0.2) is 47.6 Å². The SMILES string of the molecule is CCOCCN1C(=O)C(C)(CC)NC(=O)C12CCCC2. The molecule has 20 heavy (non-hydrogen) atoms. The summed E-state index contributed by atoms with van der Waals surface area (Å²) in [5.41, 5.74) is -1.39. The van der Waals surface area contributed by atoms with E-state index in [1.165, 1.54) is 0 Å². The van der Waals surface area contributed by atoms with Gasteiger partial charge < -0.3 is 15.0 Å². The number of carbonyl (C=O) groups excluding carboxylic acids is 2. The van der Waals surface area contributed by atoms with Crippen LogP contribution in [0.5, 0.6) is 0 Å². The Hall–Kier alpha value is -1.10. The molecule has 2 amide bonds. The molecule has 0 aromatic rings. The monoisotopic (exact) mass is 282 g/mol. The molecule has 5 heteroatoms. The van der Waals surface area contributed by atoms with E-state index < -0.39 is 11.1 Å². The van der Waals surface area contributed by atoms with Crippen LogP contribution in [0.15, 0.2) is 0 Å². The second kappa shape index (κ2) is 5.72. The van der Waals surface area contributed by atoms with Crippen LogP contribution in [0.2, 0.25) is 0 Å². The fourth-order valence-electron chi connectivity index (χ4n) is 3.35. The largest absolute Gasteiger partial charge is 0.380 e. The van der Waals surface area contributed by atoms with Crippen molar-refractivity contribution in [1.29, 1.82) is 0 Å². The van der Waals surface area contributed by atoms with Gasteiger partial charge in [0.2, 0.25) is 11.8 Å². The number of amides is 2. The third-order valence-electron chi connectivity index (χ3n) is 4.85. The molecule has 1 atom stereocenters. The number of rotatable bonds is 5. The molecule has 0 aromatic carbocycles. The van der Waals surface area contributed by atoms with Gasteiger partial charge in [0.25, 0.3) is 0 Å². The Bertz CT molecular complexity index is 391. The zero-order valence-corrected chi connectivity index (χ0v) is 12.8. The molecule has 0 aromatic heterocycles. The molecule has 0 radical (unpaired) electrons. The van der Waals surface area contributed by atoms with E-state index in [9.17, 15) is 9.59 Å². The van der Waals surface area contributed by atoms with Crippen molar-refractivity contribution >= 4 is 11.8 Å². The summed E-state index contributed by atoms with van der Waals surface area (Å²) in [4.78, 5) is 27.3. The molecule has 2 aliphatic rings. The van der Waals surface area contributed by atoms with Crippen molar-refractivity contribution in [2.45, 2.75) is 64.0 Å². The Morgan fingerprint density at radius 1 is 1.25 bits per heavy atom. The van der Waals surface area contributed by atoms with E-state index in [1.54, 1.807) is 4.90 Å². The van der Waals surface area contributed by atoms with Crippen LogP contribution < -0.4 is 5.32 Å². The Morgan fingerprint density at radius 3 is 2.45 bits per heavy atom. The maximum atomic E-state index is 12.8. The van der Waals surface area contributed by atoms with Crippen LogP contribution >= 0.6 is 0 Å². The lowest BCUT2D eigenvalue weighted by atomic mass is 9.83. The lowest BCUT2D eigenvalue weighted by Gasteiger charge is -2.50. The molecule has 114 valence electrons. The maximum absolute atomic E-state index is 12.8. The number of hydrogen-bond donors (Lipinski definition) is 1. The number of piperazine rings is 1. The van der Waals surface area contributed by atoms with Gasteiger partial charge in [-0.3, -0.25) is 9.59 Å². The van der Waals surface area contributed by atoms with Crippen LogP contribution in [0.4, 0.5) is 0 Å². The average molecular weight is 282 g/mol. The first-order valence-electron chi connectivity index (χ1n) is 7.72. The zero-order valence-electron chi connectivity index (χ0n) is 12.8. The van der Waals surface area contributed by atoms with Gasteiger partial charge in [-0.1, -0.05) is 19.8 Å². The second-order valence-electron chi connectivity index (χ2n) is 6.03. The van der Waals surface area contributed by atoms with Gasteiger partial charge in [0.05, 0.1) is 6.61 Å². The highest BCUT2D eigenvalue weighted by molar-refractivity contribution is 6.02. The van der Waals surface area contributed by atoms with Gasteiger partial charge in [-0.25, -0.2) is 0 Å². The molecular formula is C15H26N2O3. The normalized spacial score (nSPS) is 29.1.